The van der Waals surface area contributed by atoms with Gasteiger partial charge in [-0.15, -0.1) is 0 Å². The topological polar surface area (TPSA) is 46.2 Å². The third-order valence-corrected chi connectivity index (χ3v) is 2.49. The molecule has 0 spiro atoms. The minimum atomic E-state index is -0.579. The Hall–Kier alpha value is -2.42. The van der Waals surface area contributed by atoms with Crippen LogP contribution in [0.1, 0.15) is 33.3 Å². The second-order valence-electron chi connectivity index (χ2n) is 3.91. The van der Waals surface area contributed by atoms with Crippen LogP contribution in [0.15, 0.2) is 60.7 Å². The summed E-state index contributed by atoms with van der Waals surface area (Å²) in [6, 6.07) is 18.2. The van der Waals surface area contributed by atoms with Gasteiger partial charge in [0.2, 0.25) is 5.78 Å². The molecule has 0 aliphatic carbocycles. The maximum atomic E-state index is 11.7. The van der Waals surface area contributed by atoms with Gasteiger partial charge >= 0.3 is 0 Å². The Morgan fingerprint density at radius 2 is 1.23 bits per heavy atom. The number of anilines is 1. The maximum absolute atomic E-state index is 11.7. The van der Waals surface area contributed by atoms with E-state index in [0.29, 0.717) is 5.69 Å². The number of nitrogens with one attached hydrogen (secondary N) is 1. The summed E-state index contributed by atoms with van der Waals surface area (Å²) in [5.74, 6) is -1.02. The second-order valence-corrected chi connectivity index (χ2v) is 3.91. The molecule has 0 aromatic heterocycles. The summed E-state index contributed by atoms with van der Waals surface area (Å²) in [6.45, 7) is 8.00. The zero-order valence-electron chi connectivity index (χ0n) is 13.8. The predicted molar refractivity (Wildman–Crippen MR) is 92.9 cm³/mol. The van der Waals surface area contributed by atoms with E-state index >= 15 is 0 Å². The molecule has 3 nitrogen and oxygen atoms in total. The maximum Gasteiger partial charge on any atom is 0.292 e. The van der Waals surface area contributed by atoms with Crippen LogP contribution in [0.5, 0.6) is 0 Å². The van der Waals surface area contributed by atoms with Crippen LogP contribution in [-0.4, -0.2) is 11.7 Å². The molecule has 0 bridgehead atoms. The van der Waals surface area contributed by atoms with Crippen LogP contribution in [-0.2, 0) is 16.0 Å². The highest BCUT2D eigenvalue weighted by molar-refractivity contribution is 6.41. The van der Waals surface area contributed by atoms with Gasteiger partial charge in [-0.05, 0) is 17.7 Å². The lowest BCUT2D eigenvalue weighted by Gasteiger charge is -2.04. The van der Waals surface area contributed by atoms with Gasteiger partial charge in [0.05, 0.1) is 0 Å². The molecule has 0 fully saturated rings. The molecule has 0 aliphatic rings. The van der Waals surface area contributed by atoms with E-state index in [4.69, 9.17) is 0 Å². The molecule has 2 aromatic rings. The average molecular weight is 299 g/mol. The molecule has 2 rings (SSSR count). The van der Waals surface area contributed by atoms with Crippen molar-refractivity contribution >= 4 is 17.4 Å². The van der Waals surface area contributed by atoms with Crippen molar-refractivity contribution in [2.75, 3.05) is 5.32 Å². The number of amides is 1. The molecular weight excluding hydrogens is 274 g/mol. The van der Waals surface area contributed by atoms with Gasteiger partial charge < -0.3 is 5.32 Å². The first-order valence-electron chi connectivity index (χ1n) is 7.69. The van der Waals surface area contributed by atoms with E-state index in [2.05, 4.69) is 5.32 Å². The van der Waals surface area contributed by atoms with Gasteiger partial charge in [0.25, 0.3) is 5.91 Å². The van der Waals surface area contributed by atoms with E-state index in [1.165, 1.54) is 0 Å². The molecule has 3 heteroatoms. The Bertz CT molecular complexity index is 484. The van der Waals surface area contributed by atoms with Gasteiger partial charge in [0.1, 0.15) is 0 Å². The summed E-state index contributed by atoms with van der Waals surface area (Å²) in [4.78, 5) is 23.4. The van der Waals surface area contributed by atoms with Crippen molar-refractivity contribution in [1.82, 2.24) is 0 Å². The number of ketones is 1. The molecule has 0 atom stereocenters. The van der Waals surface area contributed by atoms with Crippen molar-refractivity contribution in [3.05, 3.63) is 66.2 Å². The molecule has 2 aromatic carbocycles. The van der Waals surface area contributed by atoms with Gasteiger partial charge in [0.15, 0.2) is 0 Å². The summed E-state index contributed by atoms with van der Waals surface area (Å²) in [6.07, 6.45) is 0.125. The van der Waals surface area contributed by atoms with Crippen LogP contribution in [0.3, 0.4) is 0 Å². The number of para-hydroxylation sites is 1. The quantitative estimate of drug-likeness (QED) is 0.845. The molecule has 1 amide bonds. The fourth-order valence-electron chi connectivity index (χ4n) is 1.58. The Morgan fingerprint density at radius 3 is 1.73 bits per heavy atom. The van der Waals surface area contributed by atoms with Crippen molar-refractivity contribution in [3.63, 3.8) is 0 Å². The highest BCUT2D eigenvalue weighted by atomic mass is 16.2. The number of Topliss-reactive ketones (excluding diaryl/α,β-unsaturated/α-hetero) is 1. The van der Waals surface area contributed by atoms with E-state index in [1.807, 2.05) is 64.1 Å². The summed E-state index contributed by atoms with van der Waals surface area (Å²) in [5.41, 5.74) is 1.47. The van der Waals surface area contributed by atoms with Gasteiger partial charge in [-0.2, -0.15) is 0 Å². The normalized spacial score (nSPS) is 8.55. The van der Waals surface area contributed by atoms with Crippen molar-refractivity contribution in [1.29, 1.82) is 0 Å². The molecule has 22 heavy (non-hydrogen) atoms. The molecular formula is C19H25NO2. The van der Waals surface area contributed by atoms with Crippen LogP contribution in [0, 0.1) is 0 Å². The summed E-state index contributed by atoms with van der Waals surface area (Å²) in [7, 11) is 0. The van der Waals surface area contributed by atoms with Crippen LogP contribution in [0.4, 0.5) is 5.69 Å². The first-order chi connectivity index (χ1) is 10.8. The Morgan fingerprint density at radius 1 is 0.773 bits per heavy atom. The van der Waals surface area contributed by atoms with Gasteiger partial charge in [-0.3, -0.25) is 9.59 Å². The molecule has 0 heterocycles. The Labute approximate surface area is 133 Å². The second kappa shape index (κ2) is 12.3. The Kier molecular flexibility index (Phi) is 11.0. The lowest BCUT2D eigenvalue weighted by Crippen LogP contribution is -2.24. The number of carbonyl (C=O) groups excluding carboxylic acids is 2. The minimum Gasteiger partial charge on any atom is -0.319 e. The van der Waals surface area contributed by atoms with Crippen molar-refractivity contribution < 1.29 is 9.59 Å². The van der Waals surface area contributed by atoms with E-state index < -0.39 is 11.7 Å². The van der Waals surface area contributed by atoms with Crippen LogP contribution < -0.4 is 5.32 Å². The number of hydrogen-bond acceptors (Lipinski definition) is 2. The highest BCUT2D eigenvalue weighted by Gasteiger charge is 2.13. The lowest BCUT2D eigenvalue weighted by atomic mass is 10.1. The number of rotatable bonds is 4. The fourth-order valence-corrected chi connectivity index (χ4v) is 1.58. The number of hydrogen-bond donors (Lipinski definition) is 1. The van der Waals surface area contributed by atoms with E-state index in [1.54, 1.807) is 24.3 Å². The summed E-state index contributed by atoms with van der Waals surface area (Å²) < 4.78 is 0. The zero-order chi connectivity index (χ0) is 16.8. The van der Waals surface area contributed by atoms with Crippen LogP contribution >= 0.6 is 0 Å². The van der Waals surface area contributed by atoms with Crippen molar-refractivity contribution in [3.8, 4) is 0 Å². The molecule has 0 saturated heterocycles. The van der Waals surface area contributed by atoms with Crippen molar-refractivity contribution in [2.24, 2.45) is 0 Å². The first-order valence-corrected chi connectivity index (χ1v) is 7.69. The average Bonchev–Trinajstić information content (AvgIpc) is 2.60. The largest absolute Gasteiger partial charge is 0.319 e. The van der Waals surface area contributed by atoms with Gasteiger partial charge in [-0.25, -0.2) is 0 Å². The lowest BCUT2D eigenvalue weighted by molar-refractivity contribution is -0.134. The number of benzene rings is 2. The fraction of sp³-hybridized carbons (Fsp3) is 0.263. The molecule has 0 unspecified atom stereocenters. The Balaban J connectivity index is 0.00000102. The van der Waals surface area contributed by atoms with Crippen molar-refractivity contribution in [2.45, 2.75) is 34.1 Å². The highest BCUT2D eigenvalue weighted by Crippen LogP contribution is 2.06. The van der Waals surface area contributed by atoms with Crippen LogP contribution in [0.2, 0.25) is 0 Å². The minimum absolute atomic E-state index is 0.125. The zero-order valence-corrected chi connectivity index (χ0v) is 13.8. The van der Waals surface area contributed by atoms with E-state index in [9.17, 15) is 9.59 Å². The molecule has 0 aliphatic heterocycles. The molecule has 0 saturated carbocycles. The SMILES string of the molecule is CC.CC.O=C(Cc1ccccc1)C(=O)Nc1ccccc1. The molecule has 0 radical (unpaired) electrons. The third kappa shape index (κ3) is 7.39. The number of carbonyl (C=O) groups is 2. The van der Waals surface area contributed by atoms with Crippen LogP contribution in [0.25, 0.3) is 0 Å². The summed E-state index contributed by atoms with van der Waals surface area (Å²) in [5, 5.41) is 2.57. The monoisotopic (exact) mass is 299 g/mol. The van der Waals surface area contributed by atoms with E-state index in [-0.39, 0.29) is 6.42 Å². The smallest absolute Gasteiger partial charge is 0.292 e. The molecule has 1 N–H and O–H groups in total. The van der Waals surface area contributed by atoms with Gasteiger partial charge in [0, 0.05) is 12.1 Å². The van der Waals surface area contributed by atoms with E-state index in [0.717, 1.165) is 5.56 Å². The summed E-state index contributed by atoms with van der Waals surface area (Å²) >= 11 is 0. The third-order valence-electron chi connectivity index (χ3n) is 2.49. The van der Waals surface area contributed by atoms with Gasteiger partial charge in [-0.1, -0.05) is 76.2 Å². The first kappa shape index (κ1) is 19.6. The predicted octanol–water partition coefficient (Wildman–Crippen LogP) is 4.49. The molecule has 118 valence electrons. The standard InChI is InChI=1S/C15H13NO2.2C2H6/c17-14(11-12-7-3-1-4-8-12)15(18)16-13-9-5-2-6-10-13;2*1-2/h1-10H,11H2,(H,16,18);2*1-2H3.